The number of thioether (sulfide) groups is 1. The Hall–Kier alpha value is -0.780. The Morgan fingerprint density at radius 1 is 1.47 bits per heavy atom. The molecule has 19 heavy (non-hydrogen) atoms. The maximum Gasteiger partial charge on any atom is 0.191 e. The molecule has 0 spiro atoms. The summed E-state index contributed by atoms with van der Waals surface area (Å²) >= 11 is 13.7. The van der Waals surface area contributed by atoms with E-state index in [1.165, 1.54) is 0 Å². The molecule has 0 aromatic carbocycles. The molecule has 1 aliphatic rings. The van der Waals surface area contributed by atoms with Crippen LogP contribution in [0, 0.1) is 5.92 Å². The van der Waals surface area contributed by atoms with Crippen LogP contribution in [0.25, 0.3) is 11.4 Å². The van der Waals surface area contributed by atoms with Crippen LogP contribution in [0.15, 0.2) is 29.7 Å². The monoisotopic (exact) mass is 314 g/mol. The molecule has 1 fully saturated rings. The molecule has 0 aliphatic heterocycles. The number of rotatable bonds is 4. The molecule has 2 heterocycles. The van der Waals surface area contributed by atoms with Crippen molar-refractivity contribution in [2.24, 2.45) is 13.0 Å². The second-order valence-corrected chi connectivity index (χ2v) is 7.11. The lowest BCUT2D eigenvalue weighted by Crippen LogP contribution is -1.98. The van der Waals surface area contributed by atoms with Crippen molar-refractivity contribution in [1.29, 1.82) is 0 Å². The van der Waals surface area contributed by atoms with Gasteiger partial charge in [-0.15, -0.1) is 33.4 Å². The van der Waals surface area contributed by atoms with Gasteiger partial charge in [0.1, 0.15) is 4.33 Å². The van der Waals surface area contributed by atoms with Crippen LogP contribution in [-0.2, 0) is 7.05 Å². The zero-order valence-corrected chi connectivity index (χ0v) is 12.6. The molecule has 100 valence electrons. The number of hydrogen-bond acceptors (Lipinski definition) is 4. The molecule has 0 unspecified atom stereocenters. The van der Waals surface area contributed by atoms with E-state index in [0.717, 1.165) is 28.7 Å². The molecule has 1 saturated carbocycles. The quantitative estimate of drug-likeness (QED) is 0.642. The summed E-state index contributed by atoms with van der Waals surface area (Å²) in [6.45, 7) is 0. The molecule has 0 saturated heterocycles. The van der Waals surface area contributed by atoms with E-state index in [9.17, 15) is 0 Å². The van der Waals surface area contributed by atoms with Gasteiger partial charge in [-0.05, 0) is 18.6 Å². The lowest BCUT2D eigenvalue weighted by molar-refractivity contribution is 0.791. The van der Waals surface area contributed by atoms with E-state index in [1.54, 1.807) is 24.2 Å². The Morgan fingerprint density at radius 3 is 2.89 bits per heavy atom. The van der Waals surface area contributed by atoms with Crippen LogP contribution in [0.2, 0.25) is 0 Å². The van der Waals surface area contributed by atoms with Gasteiger partial charge >= 0.3 is 0 Å². The van der Waals surface area contributed by atoms with Gasteiger partial charge in [-0.1, -0.05) is 11.8 Å². The molecule has 0 amide bonds. The lowest BCUT2D eigenvalue weighted by Gasteiger charge is -2.03. The van der Waals surface area contributed by atoms with E-state index in [4.69, 9.17) is 23.2 Å². The van der Waals surface area contributed by atoms with Crippen LogP contribution in [0.1, 0.15) is 6.42 Å². The number of hydrogen-bond donors (Lipinski definition) is 0. The summed E-state index contributed by atoms with van der Waals surface area (Å²) in [5.41, 5.74) is 0.958. The molecule has 0 radical (unpaired) electrons. The molecule has 0 bridgehead atoms. The fraction of sp³-hybridized carbons (Fsp3) is 0.417. The maximum atomic E-state index is 6.02. The molecule has 7 heteroatoms. The van der Waals surface area contributed by atoms with E-state index in [1.807, 2.05) is 23.7 Å². The summed E-state index contributed by atoms with van der Waals surface area (Å²) in [6.07, 6.45) is 4.38. The van der Waals surface area contributed by atoms with E-state index in [-0.39, 0.29) is 0 Å². The van der Waals surface area contributed by atoms with Crippen LogP contribution in [0.5, 0.6) is 0 Å². The Bertz CT molecular complexity index is 585. The van der Waals surface area contributed by atoms with Gasteiger partial charge in [0.2, 0.25) is 0 Å². The van der Waals surface area contributed by atoms with Crippen molar-refractivity contribution in [1.82, 2.24) is 19.7 Å². The van der Waals surface area contributed by atoms with Crippen molar-refractivity contribution in [2.45, 2.75) is 15.9 Å². The van der Waals surface area contributed by atoms with Crippen molar-refractivity contribution in [3.63, 3.8) is 0 Å². The molecular formula is C12H12Cl2N4S. The minimum absolute atomic E-state index is 0.347. The van der Waals surface area contributed by atoms with Crippen molar-refractivity contribution in [3.8, 4) is 11.4 Å². The summed E-state index contributed by atoms with van der Waals surface area (Å²) in [5, 5.41) is 9.28. The minimum Gasteiger partial charge on any atom is -0.305 e. The van der Waals surface area contributed by atoms with Crippen molar-refractivity contribution >= 4 is 35.0 Å². The van der Waals surface area contributed by atoms with Gasteiger partial charge in [0.15, 0.2) is 11.0 Å². The molecule has 1 aliphatic carbocycles. The minimum atomic E-state index is -0.530. The van der Waals surface area contributed by atoms with E-state index in [0.29, 0.717) is 5.92 Å². The number of pyridine rings is 1. The fourth-order valence-corrected chi connectivity index (χ4v) is 3.65. The Morgan fingerprint density at radius 2 is 2.26 bits per heavy atom. The smallest absolute Gasteiger partial charge is 0.191 e. The zero-order valence-electron chi connectivity index (χ0n) is 10.3. The van der Waals surface area contributed by atoms with Crippen molar-refractivity contribution in [2.75, 3.05) is 5.75 Å². The summed E-state index contributed by atoms with van der Waals surface area (Å²) in [7, 11) is 1.95. The van der Waals surface area contributed by atoms with Gasteiger partial charge in [-0.2, -0.15) is 0 Å². The van der Waals surface area contributed by atoms with E-state index in [2.05, 4.69) is 15.2 Å². The summed E-state index contributed by atoms with van der Waals surface area (Å²) in [4.78, 5) is 4.09. The van der Waals surface area contributed by atoms with Gasteiger partial charge in [-0.25, -0.2) is 0 Å². The highest BCUT2D eigenvalue weighted by molar-refractivity contribution is 7.99. The van der Waals surface area contributed by atoms with Gasteiger partial charge in [0, 0.05) is 36.7 Å². The topological polar surface area (TPSA) is 43.6 Å². The zero-order chi connectivity index (χ0) is 13.5. The van der Waals surface area contributed by atoms with E-state index >= 15 is 0 Å². The molecule has 4 nitrogen and oxygen atoms in total. The lowest BCUT2D eigenvalue weighted by atomic mass is 10.3. The van der Waals surface area contributed by atoms with Crippen LogP contribution >= 0.6 is 35.0 Å². The SMILES string of the molecule is Cn1c(SC[C@H]2CC2(Cl)Cl)nnc1-c1cccnc1. The standard InChI is InChI=1S/C12H12Cl2N4S/c1-18-10(8-3-2-4-15-6-8)16-17-11(18)19-7-9-5-12(9,13)14/h2-4,6,9H,5,7H2,1H3/t9-/m1/s1. The van der Waals surface area contributed by atoms with Gasteiger partial charge in [0.25, 0.3) is 0 Å². The predicted octanol–water partition coefficient (Wildman–Crippen LogP) is 3.16. The number of alkyl halides is 2. The van der Waals surface area contributed by atoms with E-state index < -0.39 is 4.33 Å². The number of nitrogens with zero attached hydrogens (tertiary/aromatic N) is 4. The first-order valence-corrected chi connectivity index (χ1v) is 7.62. The molecule has 0 N–H and O–H groups in total. The van der Waals surface area contributed by atoms with Crippen LogP contribution < -0.4 is 0 Å². The third kappa shape index (κ3) is 2.73. The molecule has 1 atom stereocenters. The highest BCUT2D eigenvalue weighted by atomic mass is 35.5. The second-order valence-electron chi connectivity index (χ2n) is 4.58. The number of halogens is 2. The average molecular weight is 315 g/mol. The number of aromatic nitrogens is 4. The third-order valence-corrected chi connectivity index (χ3v) is 5.23. The largest absolute Gasteiger partial charge is 0.305 e. The van der Waals surface area contributed by atoms with Crippen LogP contribution in [0.4, 0.5) is 0 Å². The summed E-state index contributed by atoms with van der Waals surface area (Å²) in [5.74, 6) is 2.03. The first-order chi connectivity index (χ1) is 9.08. The van der Waals surface area contributed by atoms with Crippen molar-refractivity contribution < 1.29 is 0 Å². The third-order valence-electron chi connectivity index (χ3n) is 3.12. The fourth-order valence-electron chi connectivity index (χ4n) is 1.81. The summed E-state index contributed by atoms with van der Waals surface area (Å²) < 4.78 is 1.44. The molecule has 2 aromatic rings. The first kappa shape index (κ1) is 13.2. The highest BCUT2D eigenvalue weighted by Crippen LogP contribution is 2.54. The van der Waals surface area contributed by atoms with Crippen LogP contribution in [0.3, 0.4) is 0 Å². The first-order valence-electron chi connectivity index (χ1n) is 5.88. The van der Waals surface area contributed by atoms with Gasteiger partial charge < -0.3 is 4.57 Å². The molecule has 2 aromatic heterocycles. The van der Waals surface area contributed by atoms with Crippen LogP contribution in [-0.4, -0.2) is 29.8 Å². The van der Waals surface area contributed by atoms with Crippen molar-refractivity contribution in [3.05, 3.63) is 24.5 Å². The predicted molar refractivity (Wildman–Crippen MR) is 77.5 cm³/mol. The maximum absolute atomic E-state index is 6.02. The van der Waals surface area contributed by atoms with Gasteiger partial charge in [0.05, 0.1) is 0 Å². The Kier molecular flexibility index (Phi) is 3.45. The Labute approximate surface area is 125 Å². The summed E-state index contributed by atoms with van der Waals surface area (Å²) in [6, 6.07) is 3.85. The average Bonchev–Trinajstić information content (AvgIpc) is 2.85. The second kappa shape index (κ2) is 4.96. The Balaban J connectivity index is 1.73. The molecule has 3 rings (SSSR count). The highest BCUT2D eigenvalue weighted by Gasteiger charge is 2.51. The van der Waals surface area contributed by atoms with Gasteiger partial charge in [-0.3, -0.25) is 4.98 Å². The molecular weight excluding hydrogens is 303 g/mol. The normalized spacial score (nSPS) is 20.5.